The van der Waals surface area contributed by atoms with Crippen molar-refractivity contribution in [3.05, 3.63) is 60.7 Å². The summed E-state index contributed by atoms with van der Waals surface area (Å²) in [6.07, 6.45) is 0. The van der Waals surface area contributed by atoms with E-state index in [9.17, 15) is 24.0 Å². The highest BCUT2D eigenvalue weighted by Crippen LogP contribution is 2.11. The van der Waals surface area contributed by atoms with Crippen LogP contribution in [0.5, 0.6) is 0 Å². The Kier molecular flexibility index (Phi) is 6.52. The van der Waals surface area contributed by atoms with Gasteiger partial charge in [-0.2, -0.15) is 0 Å². The van der Waals surface area contributed by atoms with Gasteiger partial charge in [0.25, 0.3) is 11.5 Å². The maximum Gasteiger partial charge on any atom is 0.332 e. The lowest BCUT2D eigenvalue weighted by Gasteiger charge is -2.11. The quantitative estimate of drug-likeness (QED) is 0.447. The topological polar surface area (TPSA) is 142 Å². The molecule has 28 heavy (non-hydrogen) atoms. The molecule has 1 amide bonds. The summed E-state index contributed by atoms with van der Waals surface area (Å²) in [5, 5.41) is 2.36. The molecule has 0 bridgehead atoms. The molecule has 1 aromatic carbocycles. The van der Waals surface area contributed by atoms with Crippen molar-refractivity contribution in [3.8, 4) is 0 Å². The molecule has 0 atom stereocenters. The molecule has 2 aromatic rings. The summed E-state index contributed by atoms with van der Waals surface area (Å²) in [4.78, 5) is 59.8. The summed E-state index contributed by atoms with van der Waals surface area (Å²) in [5.74, 6) is -2.56. The fourth-order valence-electron chi connectivity index (χ4n) is 2.28. The lowest BCUT2D eigenvalue weighted by atomic mass is 10.2. The molecule has 2 rings (SSSR count). The van der Waals surface area contributed by atoms with E-state index in [0.717, 1.165) is 9.13 Å². The molecule has 0 fully saturated rings. The Balaban J connectivity index is 1.98. The maximum absolute atomic E-state index is 12.2. The summed E-state index contributed by atoms with van der Waals surface area (Å²) in [6, 6.07) is 6.54. The molecular weight excluding hydrogens is 436 g/mol. The van der Waals surface area contributed by atoms with Crippen LogP contribution in [0.1, 0.15) is 20.7 Å². The first-order valence-electron chi connectivity index (χ1n) is 7.91. The smallest absolute Gasteiger partial charge is 0.332 e. The fourth-order valence-corrected chi connectivity index (χ4v) is 2.67. The van der Waals surface area contributed by atoms with E-state index in [1.54, 1.807) is 24.3 Å². The van der Waals surface area contributed by atoms with Crippen LogP contribution in [-0.2, 0) is 23.6 Å². The SMILES string of the molecule is Cn1c(N)c(C(=O)COC(=O)CNC(=O)c2cccc(Br)c2)c(=O)n(C)c1=O. The third-order valence-corrected chi connectivity index (χ3v) is 4.33. The molecule has 0 aliphatic carbocycles. The molecule has 1 heterocycles. The van der Waals surface area contributed by atoms with Crippen LogP contribution in [-0.4, -0.2) is 39.9 Å². The van der Waals surface area contributed by atoms with Gasteiger partial charge in [-0.25, -0.2) is 4.79 Å². The highest BCUT2D eigenvalue weighted by atomic mass is 79.9. The Bertz CT molecular complexity index is 1070. The number of nitrogens with two attached hydrogens (primary N) is 1. The molecule has 0 aliphatic rings. The van der Waals surface area contributed by atoms with Crippen molar-refractivity contribution in [1.82, 2.24) is 14.5 Å². The van der Waals surface area contributed by atoms with Gasteiger partial charge in [0, 0.05) is 24.1 Å². The van der Waals surface area contributed by atoms with Crippen molar-refractivity contribution >= 4 is 39.4 Å². The van der Waals surface area contributed by atoms with Gasteiger partial charge >= 0.3 is 11.7 Å². The molecule has 148 valence electrons. The van der Waals surface area contributed by atoms with E-state index in [2.05, 4.69) is 21.2 Å². The van der Waals surface area contributed by atoms with Gasteiger partial charge in [0.2, 0.25) is 5.78 Å². The molecule has 10 nitrogen and oxygen atoms in total. The van der Waals surface area contributed by atoms with Gasteiger partial charge < -0.3 is 15.8 Å². The minimum absolute atomic E-state index is 0.322. The standard InChI is InChI=1S/C17H17BrN4O6/c1-21-14(19)13(16(26)22(2)17(21)27)11(23)8-28-12(24)7-20-15(25)9-4-3-5-10(18)6-9/h3-6H,7-8,19H2,1-2H3,(H,20,25). The van der Waals surface area contributed by atoms with Crippen LogP contribution in [0.4, 0.5) is 5.82 Å². The third kappa shape index (κ3) is 4.55. The van der Waals surface area contributed by atoms with E-state index in [0.29, 0.717) is 10.0 Å². The first-order valence-corrected chi connectivity index (χ1v) is 8.70. The number of rotatable bonds is 6. The fraction of sp³-hybridized carbons (Fsp3) is 0.235. The molecule has 0 spiro atoms. The van der Waals surface area contributed by atoms with Gasteiger partial charge in [0.15, 0.2) is 6.61 Å². The van der Waals surface area contributed by atoms with Crippen molar-refractivity contribution < 1.29 is 19.1 Å². The number of hydrogen-bond acceptors (Lipinski definition) is 7. The van der Waals surface area contributed by atoms with Crippen LogP contribution < -0.4 is 22.3 Å². The minimum atomic E-state index is -0.885. The van der Waals surface area contributed by atoms with E-state index < -0.39 is 47.6 Å². The Morgan fingerprint density at radius 1 is 1.18 bits per heavy atom. The molecule has 11 heteroatoms. The average Bonchev–Trinajstić information content (AvgIpc) is 2.67. The first kappa shape index (κ1) is 21.1. The van der Waals surface area contributed by atoms with Crippen LogP contribution >= 0.6 is 15.9 Å². The molecule has 0 saturated heterocycles. The number of ketones is 1. The summed E-state index contributed by atoms with van der Waals surface area (Å²) < 4.78 is 7.15. The van der Waals surface area contributed by atoms with Gasteiger partial charge in [0.1, 0.15) is 17.9 Å². The van der Waals surface area contributed by atoms with Crippen LogP contribution in [0, 0.1) is 0 Å². The van der Waals surface area contributed by atoms with Crippen molar-refractivity contribution in [2.24, 2.45) is 14.1 Å². The van der Waals surface area contributed by atoms with Crippen LogP contribution in [0.15, 0.2) is 38.3 Å². The lowest BCUT2D eigenvalue weighted by Crippen LogP contribution is -2.42. The number of amides is 1. The number of Topliss-reactive ketones (excluding diaryl/α,β-unsaturated/α-hetero) is 1. The van der Waals surface area contributed by atoms with E-state index in [4.69, 9.17) is 10.5 Å². The Morgan fingerprint density at radius 3 is 2.50 bits per heavy atom. The van der Waals surface area contributed by atoms with Gasteiger partial charge in [-0.3, -0.25) is 28.3 Å². The second-order valence-corrected chi connectivity index (χ2v) is 6.66. The Hall–Kier alpha value is -3.21. The number of anilines is 1. The van der Waals surface area contributed by atoms with Crippen molar-refractivity contribution in [2.45, 2.75) is 0 Å². The zero-order valence-electron chi connectivity index (χ0n) is 15.0. The van der Waals surface area contributed by atoms with E-state index in [1.807, 2.05) is 0 Å². The van der Waals surface area contributed by atoms with Gasteiger partial charge in [-0.15, -0.1) is 0 Å². The monoisotopic (exact) mass is 452 g/mol. The zero-order valence-corrected chi connectivity index (χ0v) is 16.6. The molecule has 1 aromatic heterocycles. The van der Waals surface area contributed by atoms with E-state index >= 15 is 0 Å². The normalized spacial score (nSPS) is 10.4. The van der Waals surface area contributed by atoms with Crippen molar-refractivity contribution in [3.63, 3.8) is 0 Å². The highest BCUT2D eigenvalue weighted by Gasteiger charge is 2.21. The highest BCUT2D eigenvalue weighted by molar-refractivity contribution is 9.10. The summed E-state index contributed by atoms with van der Waals surface area (Å²) >= 11 is 3.23. The predicted molar refractivity (Wildman–Crippen MR) is 103 cm³/mol. The van der Waals surface area contributed by atoms with Crippen molar-refractivity contribution in [2.75, 3.05) is 18.9 Å². The molecule has 3 N–H and O–H groups in total. The first-order chi connectivity index (χ1) is 13.1. The lowest BCUT2D eigenvalue weighted by molar-refractivity contribution is -0.141. The van der Waals surface area contributed by atoms with Crippen LogP contribution in [0.2, 0.25) is 0 Å². The van der Waals surface area contributed by atoms with Crippen LogP contribution in [0.25, 0.3) is 0 Å². The van der Waals surface area contributed by atoms with Gasteiger partial charge in [0.05, 0.1) is 0 Å². The summed E-state index contributed by atoms with van der Waals surface area (Å²) in [5.41, 5.74) is 3.97. The zero-order chi connectivity index (χ0) is 21.0. The number of esters is 1. The van der Waals surface area contributed by atoms with E-state index in [-0.39, 0.29) is 5.82 Å². The second-order valence-electron chi connectivity index (χ2n) is 5.74. The summed E-state index contributed by atoms with van der Waals surface area (Å²) in [7, 11) is 2.50. The molecule has 0 aliphatic heterocycles. The molecular formula is C17H17BrN4O6. The number of ether oxygens (including phenoxy) is 1. The number of carbonyl (C=O) groups is 3. The molecule has 0 unspecified atom stereocenters. The van der Waals surface area contributed by atoms with Crippen LogP contribution in [0.3, 0.4) is 0 Å². The molecule has 0 saturated carbocycles. The summed E-state index contributed by atoms with van der Waals surface area (Å²) in [6.45, 7) is -1.23. The Labute approximate surface area is 167 Å². The number of aromatic nitrogens is 2. The van der Waals surface area contributed by atoms with E-state index in [1.165, 1.54) is 14.1 Å². The third-order valence-electron chi connectivity index (χ3n) is 3.83. The predicted octanol–water partition coefficient (Wildman–Crippen LogP) is -0.415. The largest absolute Gasteiger partial charge is 0.456 e. The number of benzene rings is 1. The number of nitrogens with zero attached hydrogens (tertiary/aromatic N) is 2. The Morgan fingerprint density at radius 2 is 1.86 bits per heavy atom. The van der Waals surface area contributed by atoms with Gasteiger partial charge in [-0.05, 0) is 18.2 Å². The number of hydrogen-bond donors (Lipinski definition) is 2. The van der Waals surface area contributed by atoms with Gasteiger partial charge in [-0.1, -0.05) is 22.0 Å². The molecule has 0 radical (unpaired) electrons. The minimum Gasteiger partial charge on any atom is -0.456 e. The number of nitrogen functional groups attached to an aromatic ring is 1. The maximum atomic E-state index is 12.2. The number of nitrogens with one attached hydrogen (secondary N) is 1. The van der Waals surface area contributed by atoms with Crippen molar-refractivity contribution in [1.29, 1.82) is 0 Å². The average molecular weight is 453 g/mol. The second kappa shape index (κ2) is 8.65. The number of halogens is 1. The number of carbonyl (C=O) groups excluding carboxylic acids is 3.